The van der Waals surface area contributed by atoms with Crippen LogP contribution < -0.4 is 5.32 Å². The topological polar surface area (TPSA) is 35.8 Å². The Morgan fingerprint density at radius 1 is 1.25 bits per heavy atom. The van der Waals surface area contributed by atoms with E-state index in [2.05, 4.69) is 0 Å². The van der Waals surface area contributed by atoms with Crippen molar-refractivity contribution in [2.45, 2.75) is 12.2 Å². The van der Waals surface area contributed by atoms with Crippen molar-refractivity contribution in [2.24, 2.45) is 0 Å². The number of benzene rings is 1. The fourth-order valence-electron chi connectivity index (χ4n) is 1.11. The lowest BCUT2D eigenvalue weighted by molar-refractivity contribution is -0.125. The second-order valence-electron chi connectivity index (χ2n) is 3.11. The van der Waals surface area contributed by atoms with E-state index >= 15 is 0 Å². The number of nitrogens with zero attached hydrogens (tertiary/aromatic N) is 1. The average Bonchev–Trinajstić information content (AvgIpc) is 2.20. The monoisotopic (exact) mass is 232 g/mol. The lowest BCUT2D eigenvalue weighted by Gasteiger charge is -2.13. The third-order valence-electron chi connectivity index (χ3n) is 1.84. The molecule has 0 spiro atoms. The highest BCUT2D eigenvalue weighted by atomic mass is 19.4. The Bertz CT molecular complexity index is 377. The molecular formula is C10H8F4N2. The van der Waals surface area contributed by atoms with E-state index in [9.17, 15) is 17.6 Å². The minimum atomic E-state index is -4.38. The van der Waals surface area contributed by atoms with Crippen molar-refractivity contribution in [3.8, 4) is 6.07 Å². The first-order valence-corrected chi connectivity index (χ1v) is 4.37. The van der Waals surface area contributed by atoms with Crippen molar-refractivity contribution in [1.29, 1.82) is 5.26 Å². The summed E-state index contributed by atoms with van der Waals surface area (Å²) in [5.74, 6) is -0.503. The lowest BCUT2D eigenvalue weighted by atomic mass is 10.1. The van der Waals surface area contributed by atoms with Crippen molar-refractivity contribution in [3.63, 3.8) is 0 Å². The fourth-order valence-corrected chi connectivity index (χ4v) is 1.11. The van der Waals surface area contributed by atoms with E-state index in [4.69, 9.17) is 5.26 Å². The Morgan fingerprint density at radius 3 is 2.25 bits per heavy atom. The highest BCUT2D eigenvalue weighted by Gasteiger charge is 2.28. The predicted molar refractivity (Wildman–Crippen MR) is 48.8 cm³/mol. The zero-order valence-electron chi connectivity index (χ0n) is 8.05. The zero-order valence-corrected chi connectivity index (χ0v) is 8.05. The first-order chi connectivity index (χ1) is 7.42. The van der Waals surface area contributed by atoms with E-state index in [1.165, 1.54) is 12.1 Å². The Balaban J connectivity index is 2.69. The van der Waals surface area contributed by atoms with Crippen molar-refractivity contribution >= 4 is 0 Å². The number of halogens is 4. The van der Waals surface area contributed by atoms with Gasteiger partial charge in [-0.1, -0.05) is 12.1 Å². The Kier molecular flexibility index (Phi) is 3.85. The molecule has 1 atom stereocenters. The highest BCUT2D eigenvalue weighted by Crippen LogP contribution is 2.17. The number of nitriles is 1. The first kappa shape index (κ1) is 12.5. The van der Waals surface area contributed by atoms with Crippen LogP contribution in [0.2, 0.25) is 0 Å². The Hall–Kier alpha value is -1.61. The maximum Gasteiger partial charge on any atom is 0.401 e. The molecule has 0 heterocycles. The van der Waals surface area contributed by atoms with Gasteiger partial charge in [0.25, 0.3) is 0 Å². The summed E-state index contributed by atoms with van der Waals surface area (Å²) in [6.45, 7) is -1.26. The Labute approximate surface area is 89.5 Å². The molecule has 0 aromatic heterocycles. The molecule has 1 N–H and O–H groups in total. The molecule has 0 bridgehead atoms. The summed E-state index contributed by atoms with van der Waals surface area (Å²) in [6, 6.07) is 5.31. The summed E-state index contributed by atoms with van der Waals surface area (Å²) in [5, 5.41) is 10.7. The third kappa shape index (κ3) is 3.87. The highest BCUT2D eigenvalue weighted by molar-refractivity contribution is 5.24. The molecule has 0 aliphatic heterocycles. The van der Waals surface area contributed by atoms with E-state index in [1.54, 1.807) is 6.07 Å². The van der Waals surface area contributed by atoms with Crippen molar-refractivity contribution in [2.75, 3.05) is 6.54 Å². The van der Waals surface area contributed by atoms with Crippen LogP contribution in [0, 0.1) is 17.1 Å². The van der Waals surface area contributed by atoms with Gasteiger partial charge in [0.15, 0.2) is 0 Å². The van der Waals surface area contributed by atoms with Crippen LogP contribution in [0.25, 0.3) is 0 Å². The summed E-state index contributed by atoms with van der Waals surface area (Å²) >= 11 is 0. The van der Waals surface area contributed by atoms with Crippen LogP contribution >= 0.6 is 0 Å². The second kappa shape index (κ2) is 4.94. The molecule has 86 valence electrons. The molecule has 1 rings (SSSR count). The molecule has 0 aliphatic rings. The molecule has 0 fully saturated rings. The largest absolute Gasteiger partial charge is 0.401 e. The number of rotatable bonds is 3. The maximum atomic E-state index is 12.5. The molecule has 16 heavy (non-hydrogen) atoms. The van der Waals surface area contributed by atoms with Crippen LogP contribution in [-0.4, -0.2) is 12.7 Å². The van der Waals surface area contributed by atoms with Gasteiger partial charge in [-0.05, 0) is 17.7 Å². The number of hydrogen-bond acceptors (Lipinski definition) is 2. The number of hydrogen-bond donors (Lipinski definition) is 1. The standard InChI is InChI=1S/C10H8F4N2/c11-8-3-1-7(2-4-8)9(5-15)16-6-10(12,13)14/h1-4,9,16H,6H2. The summed E-state index contributed by atoms with van der Waals surface area (Å²) in [4.78, 5) is 0. The number of alkyl halides is 3. The summed E-state index contributed by atoms with van der Waals surface area (Å²) in [6.07, 6.45) is -4.38. The molecular weight excluding hydrogens is 224 g/mol. The molecule has 0 aliphatic carbocycles. The van der Waals surface area contributed by atoms with Gasteiger partial charge in [0, 0.05) is 0 Å². The summed E-state index contributed by atoms with van der Waals surface area (Å²) in [5.41, 5.74) is 0.299. The first-order valence-electron chi connectivity index (χ1n) is 4.37. The SMILES string of the molecule is N#CC(NCC(F)(F)F)c1ccc(F)cc1. The molecule has 6 heteroatoms. The zero-order chi connectivity index (χ0) is 12.2. The van der Waals surface area contributed by atoms with E-state index in [-0.39, 0.29) is 0 Å². The lowest BCUT2D eigenvalue weighted by Crippen LogP contribution is -2.31. The van der Waals surface area contributed by atoms with E-state index in [1.807, 2.05) is 5.32 Å². The molecule has 1 aromatic carbocycles. The van der Waals surface area contributed by atoms with Gasteiger partial charge in [0.2, 0.25) is 0 Å². The molecule has 0 saturated heterocycles. The normalized spacial score (nSPS) is 13.2. The van der Waals surface area contributed by atoms with Crippen LogP contribution in [0.3, 0.4) is 0 Å². The number of nitrogens with one attached hydrogen (secondary N) is 1. The molecule has 0 amide bonds. The average molecular weight is 232 g/mol. The van der Waals surface area contributed by atoms with Gasteiger partial charge in [-0.2, -0.15) is 18.4 Å². The van der Waals surface area contributed by atoms with Crippen LogP contribution in [0.5, 0.6) is 0 Å². The van der Waals surface area contributed by atoms with Crippen molar-refractivity contribution < 1.29 is 17.6 Å². The van der Waals surface area contributed by atoms with E-state index in [0.717, 1.165) is 12.1 Å². The summed E-state index contributed by atoms with van der Waals surface area (Å²) in [7, 11) is 0. The smallest absolute Gasteiger partial charge is 0.290 e. The van der Waals surface area contributed by atoms with Gasteiger partial charge < -0.3 is 0 Å². The molecule has 1 aromatic rings. The maximum absolute atomic E-state index is 12.5. The van der Waals surface area contributed by atoms with E-state index < -0.39 is 24.6 Å². The third-order valence-corrected chi connectivity index (χ3v) is 1.84. The predicted octanol–water partition coefficient (Wildman–Crippen LogP) is 2.54. The van der Waals surface area contributed by atoms with Gasteiger partial charge in [-0.3, -0.25) is 5.32 Å². The quantitative estimate of drug-likeness (QED) is 0.813. The fraction of sp³-hybridized carbons (Fsp3) is 0.300. The van der Waals surface area contributed by atoms with Gasteiger partial charge in [0.05, 0.1) is 12.6 Å². The van der Waals surface area contributed by atoms with Crippen LogP contribution in [-0.2, 0) is 0 Å². The van der Waals surface area contributed by atoms with E-state index in [0.29, 0.717) is 5.56 Å². The van der Waals surface area contributed by atoms with Crippen LogP contribution in [0.1, 0.15) is 11.6 Å². The van der Waals surface area contributed by atoms with Gasteiger partial charge in [-0.25, -0.2) is 4.39 Å². The molecule has 0 saturated carbocycles. The molecule has 2 nitrogen and oxygen atoms in total. The second-order valence-corrected chi connectivity index (χ2v) is 3.11. The van der Waals surface area contributed by atoms with Crippen molar-refractivity contribution in [3.05, 3.63) is 35.6 Å². The minimum absolute atomic E-state index is 0.299. The van der Waals surface area contributed by atoms with Gasteiger partial charge in [0.1, 0.15) is 11.9 Å². The van der Waals surface area contributed by atoms with Crippen molar-refractivity contribution in [1.82, 2.24) is 5.32 Å². The van der Waals surface area contributed by atoms with Gasteiger partial charge >= 0.3 is 6.18 Å². The Morgan fingerprint density at radius 2 is 1.81 bits per heavy atom. The van der Waals surface area contributed by atoms with Crippen LogP contribution in [0.4, 0.5) is 17.6 Å². The minimum Gasteiger partial charge on any atom is -0.290 e. The van der Waals surface area contributed by atoms with Gasteiger partial charge in [-0.15, -0.1) is 0 Å². The molecule has 0 radical (unpaired) electrons. The molecule has 1 unspecified atom stereocenters. The van der Waals surface area contributed by atoms with Crippen LogP contribution in [0.15, 0.2) is 24.3 Å². The summed E-state index contributed by atoms with van der Waals surface area (Å²) < 4.78 is 48.2.